The van der Waals surface area contributed by atoms with Crippen LogP contribution >= 0.6 is 0 Å². The Hall–Kier alpha value is -3.73. The molecule has 7 nitrogen and oxygen atoms in total. The van der Waals surface area contributed by atoms with Crippen molar-refractivity contribution in [1.82, 2.24) is 14.8 Å². The fourth-order valence-electron chi connectivity index (χ4n) is 3.47. The highest BCUT2D eigenvalue weighted by molar-refractivity contribution is 6.06. The molecule has 1 aromatic carbocycles. The predicted octanol–water partition coefficient (Wildman–Crippen LogP) is 4.11. The fourth-order valence-corrected chi connectivity index (χ4v) is 3.47. The number of pyridine rings is 1. The average molecular weight is 405 g/mol. The maximum atomic E-state index is 14.4. The van der Waals surface area contributed by atoms with Gasteiger partial charge in [-0.05, 0) is 41.3 Å². The van der Waals surface area contributed by atoms with Crippen LogP contribution in [-0.4, -0.2) is 27.3 Å². The van der Waals surface area contributed by atoms with Gasteiger partial charge in [0.05, 0.1) is 12.3 Å². The number of carbonyl (C=O) groups excluding carboxylic acids is 1. The van der Waals surface area contributed by atoms with Gasteiger partial charge in [0.15, 0.2) is 5.69 Å². The van der Waals surface area contributed by atoms with E-state index in [0.29, 0.717) is 41.4 Å². The van der Waals surface area contributed by atoms with Crippen LogP contribution in [0.15, 0.2) is 36.5 Å². The van der Waals surface area contributed by atoms with E-state index < -0.39 is 11.7 Å². The summed E-state index contributed by atoms with van der Waals surface area (Å²) in [5, 5.41) is 16.4. The number of carbonyl (C=O) groups is 1. The van der Waals surface area contributed by atoms with Gasteiger partial charge in [-0.25, -0.2) is 14.1 Å². The van der Waals surface area contributed by atoms with Crippen LogP contribution in [0, 0.1) is 17.1 Å². The number of halogens is 1. The maximum absolute atomic E-state index is 14.4. The molecule has 0 fully saturated rings. The number of rotatable bonds is 4. The van der Waals surface area contributed by atoms with Crippen LogP contribution < -0.4 is 10.1 Å². The highest BCUT2D eigenvalue weighted by Gasteiger charge is 2.22. The zero-order valence-corrected chi connectivity index (χ0v) is 16.6. The highest BCUT2D eigenvalue weighted by atomic mass is 19.1. The summed E-state index contributed by atoms with van der Waals surface area (Å²) in [6.45, 7) is 5.13. The van der Waals surface area contributed by atoms with Crippen LogP contribution in [-0.2, 0) is 6.54 Å². The largest absolute Gasteiger partial charge is 0.478 e. The van der Waals surface area contributed by atoms with E-state index in [9.17, 15) is 14.4 Å². The number of nitriles is 1. The summed E-state index contributed by atoms with van der Waals surface area (Å²) in [4.78, 5) is 17.0. The molecule has 0 bridgehead atoms. The molecule has 3 aromatic rings. The van der Waals surface area contributed by atoms with Crippen LogP contribution in [0.5, 0.6) is 5.88 Å². The topological polar surface area (TPSA) is 92.8 Å². The molecule has 1 N–H and O–H groups in total. The summed E-state index contributed by atoms with van der Waals surface area (Å²) in [5.74, 6) is -0.328. The Balaban J connectivity index is 1.78. The molecule has 30 heavy (non-hydrogen) atoms. The number of aryl methyl sites for hydroxylation is 1. The van der Waals surface area contributed by atoms with E-state index in [4.69, 9.17) is 4.74 Å². The number of aromatic nitrogens is 3. The number of nitrogens with one attached hydrogen (secondary N) is 1. The van der Waals surface area contributed by atoms with Crippen molar-refractivity contribution in [3.63, 3.8) is 0 Å². The number of benzene rings is 1. The van der Waals surface area contributed by atoms with Crippen molar-refractivity contribution < 1.29 is 13.9 Å². The lowest BCUT2D eigenvalue weighted by atomic mass is 9.94. The second-order valence-corrected chi connectivity index (χ2v) is 7.36. The number of hydrogen-bond acceptors (Lipinski definition) is 5. The third kappa shape index (κ3) is 3.74. The third-order valence-corrected chi connectivity index (χ3v) is 4.92. The van der Waals surface area contributed by atoms with Gasteiger partial charge in [-0.2, -0.15) is 10.4 Å². The Morgan fingerprint density at radius 2 is 2.17 bits per heavy atom. The number of hydrogen-bond donors (Lipinski definition) is 1. The minimum Gasteiger partial charge on any atom is -0.478 e. The molecule has 1 amide bonds. The monoisotopic (exact) mass is 405 g/mol. The Kier molecular flexibility index (Phi) is 5.19. The average Bonchev–Trinajstić information content (AvgIpc) is 3.19. The molecule has 0 unspecified atom stereocenters. The Morgan fingerprint density at radius 1 is 1.33 bits per heavy atom. The first-order valence-electron chi connectivity index (χ1n) is 9.68. The predicted molar refractivity (Wildman–Crippen MR) is 109 cm³/mol. The molecule has 8 heteroatoms. The first kappa shape index (κ1) is 19.6. The van der Waals surface area contributed by atoms with Crippen molar-refractivity contribution in [2.75, 3.05) is 11.9 Å². The molecular formula is C22H20FN5O2. The first-order valence-corrected chi connectivity index (χ1v) is 9.68. The molecule has 2 aromatic heterocycles. The van der Waals surface area contributed by atoms with Gasteiger partial charge < -0.3 is 10.1 Å². The molecule has 0 radical (unpaired) electrons. The molecule has 4 rings (SSSR count). The van der Waals surface area contributed by atoms with Crippen LogP contribution in [0.25, 0.3) is 11.1 Å². The smallest absolute Gasteiger partial charge is 0.276 e. The van der Waals surface area contributed by atoms with Crippen LogP contribution in [0.3, 0.4) is 0 Å². The zero-order valence-electron chi connectivity index (χ0n) is 16.6. The molecule has 1 aliphatic heterocycles. The lowest BCUT2D eigenvalue weighted by Crippen LogP contribution is -2.17. The van der Waals surface area contributed by atoms with Crippen molar-refractivity contribution in [3.8, 4) is 23.1 Å². The molecule has 1 aliphatic rings. The van der Waals surface area contributed by atoms with Gasteiger partial charge in [-0.15, -0.1) is 0 Å². The van der Waals surface area contributed by atoms with Gasteiger partial charge in [-0.1, -0.05) is 13.8 Å². The SMILES string of the molecule is CC(C)c1cc(F)cc(-c2ccnc(C#N)c2)c1NC(=O)c1cc2n(n1)CCCO2. The second kappa shape index (κ2) is 7.95. The molecule has 0 saturated carbocycles. The zero-order chi connectivity index (χ0) is 21.3. The summed E-state index contributed by atoms with van der Waals surface area (Å²) < 4.78 is 21.6. The van der Waals surface area contributed by atoms with E-state index in [2.05, 4.69) is 15.4 Å². The summed E-state index contributed by atoms with van der Waals surface area (Å²) >= 11 is 0. The lowest BCUT2D eigenvalue weighted by Gasteiger charge is -2.18. The van der Waals surface area contributed by atoms with E-state index in [0.717, 1.165) is 6.42 Å². The van der Waals surface area contributed by atoms with Crippen molar-refractivity contribution in [2.24, 2.45) is 0 Å². The van der Waals surface area contributed by atoms with Gasteiger partial charge in [0.1, 0.15) is 17.6 Å². The third-order valence-electron chi connectivity index (χ3n) is 4.92. The molecule has 152 valence electrons. The van der Waals surface area contributed by atoms with Crippen LogP contribution in [0.4, 0.5) is 10.1 Å². The van der Waals surface area contributed by atoms with Gasteiger partial charge >= 0.3 is 0 Å². The van der Waals surface area contributed by atoms with Gasteiger partial charge in [-0.3, -0.25) is 4.79 Å². The van der Waals surface area contributed by atoms with E-state index >= 15 is 0 Å². The van der Waals surface area contributed by atoms with Crippen molar-refractivity contribution in [1.29, 1.82) is 5.26 Å². The normalized spacial score (nSPS) is 12.8. The summed E-state index contributed by atoms with van der Waals surface area (Å²) in [7, 11) is 0. The number of amides is 1. The maximum Gasteiger partial charge on any atom is 0.276 e. The van der Waals surface area contributed by atoms with E-state index in [-0.39, 0.29) is 17.3 Å². The van der Waals surface area contributed by atoms with E-state index in [1.165, 1.54) is 18.3 Å². The van der Waals surface area contributed by atoms with Crippen molar-refractivity contribution in [3.05, 3.63) is 59.3 Å². The first-order chi connectivity index (χ1) is 14.5. The van der Waals surface area contributed by atoms with E-state index in [1.54, 1.807) is 22.9 Å². The fraction of sp³-hybridized carbons (Fsp3) is 0.273. The molecule has 0 aliphatic carbocycles. The minimum absolute atomic E-state index is 0.0504. The lowest BCUT2D eigenvalue weighted by molar-refractivity contribution is 0.102. The summed E-state index contributed by atoms with van der Waals surface area (Å²) in [5.41, 5.74) is 2.63. The van der Waals surface area contributed by atoms with Crippen molar-refractivity contribution in [2.45, 2.75) is 32.7 Å². The summed E-state index contributed by atoms with van der Waals surface area (Å²) in [6.07, 6.45) is 2.32. The molecule has 3 heterocycles. The van der Waals surface area contributed by atoms with Gasteiger partial charge in [0, 0.05) is 30.8 Å². The Bertz CT molecular complexity index is 1140. The van der Waals surface area contributed by atoms with Crippen LogP contribution in [0.2, 0.25) is 0 Å². The second-order valence-electron chi connectivity index (χ2n) is 7.36. The minimum atomic E-state index is -0.423. The Labute approximate surface area is 173 Å². The molecule has 0 spiro atoms. The molecule has 0 saturated heterocycles. The van der Waals surface area contributed by atoms with Crippen LogP contribution in [0.1, 0.15) is 47.9 Å². The Morgan fingerprint density at radius 3 is 2.90 bits per heavy atom. The number of anilines is 1. The molecular weight excluding hydrogens is 385 g/mol. The van der Waals surface area contributed by atoms with Gasteiger partial charge in [0.25, 0.3) is 5.91 Å². The van der Waals surface area contributed by atoms with E-state index in [1.807, 2.05) is 19.9 Å². The van der Waals surface area contributed by atoms with Gasteiger partial charge in [0.2, 0.25) is 5.88 Å². The number of ether oxygens (including phenoxy) is 1. The number of fused-ring (bicyclic) bond motifs is 1. The molecule has 0 atom stereocenters. The quantitative estimate of drug-likeness (QED) is 0.705. The standard InChI is InChI=1S/C22H20FN5O2/c1-13(2)17-9-15(23)10-18(14-4-5-25-16(8-14)12-24)21(17)26-22(29)19-11-20-28(27-19)6-3-7-30-20/h4-5,8-11,13H,3,6-7H2,1-2H3,(H,26,29). The number of nitrogens with zero attached hydrogens (tertiary/aromatic N) is 4. The van der Waals surface area contributed by atoms with Crippen molar-refractivity contribution >= 4 is 11.6 Å². The highest BCUT2D eigenvalue weighted by Crippen LogP contribution is 2.36. The summed E-state index contributed by atoms with van der Waals surface area (Å²) in [6, 6.07) is 9.60.